The van der Waals surface area contributed by atoms with Crippen molar-refractivity contribution < 1.29 is 9.53 Å². The fraction of sp³-hybridized carbons (Fsp3) is 0.421. The Morgan fingerprint density at radius 1 is 1.27 bits per heavy atom. The molecule has 0 saturated heterocycles. The van der Waals surface area contributed by atoms with Gasteiger partial charge < -0.3 is 15.4 Å². The summed E-state index contributed by atoms with van der Waals surface area (Å²) < 4.78 is 5.35. The van der Waals surface area contributed by atoms with Crippen LogP contribution in [-0.2, 0) is 0 Å². The second kappa shape index (κ2) is 8.36. The van der Waals surface area contributed by atoms with Crippen LogP contribution in [0.25, 0.3) is 0 Å². The largest absolute Gasteiger partial charge is 0.495 e. The highest BCUT2D eigenvalue weighted by Gasteiger charge is 2.18. The third-order valence-electron chi connectivity index (χ3n) is 4.56. The Morgan fingerprint density at radius 2 is 2.04 bits per heavy atom. The standard InChI is InChI=1S/C19H23ClN4O2/c1-12-10-16(17(26-2)11-14(12)20)24-19-21-9-8-15(23-19)18(25)22-13-6-4-3-5-7-13/h8-11,13H,3-7H2,1-2H3,(H,22,25)(H,21,23,24). The minimum atomic E-state index is -0.165. The monoisotopic (exact) mass is 374 g/mol. The first kappa shape index (κ1) is 18.5. The second-order valence-electron chi connectivity index (χ2n) is 6.50. The lowest BCUT2D eigenvalue weighted by molar-refractivity contribution is 0.0922. The Kier molecular flexibility index (Phi) is 5.93. The van der Waals surface area contributed by atoms with E-state index in [1.165, 1.54) is 6.42 Å². The smallest absolute Gasteiger partial charge is 0.270 e. The molecule has 1 aliphatic rings. The molecule has 2 N–H and O–H groups in total. The van der Waals surface area contributed by atoms with E-state index < -0.39 is 0 Å². The summed E-state index contributed by atoms with van der Waals surface area (Å²) in [5, 5.41) is 6.79. The van der Waals surface area contributed by atoms with Crippen molar-refractivity contribution in [2.24, 2.45) is 0 Å². The molecule has 1 aliphatic carbocycles. The van der Waals surface area contributed by atoms with Crippen LogP contribution in [0.5, 0.6) is 5.75 Å². The zero-order valence-electron chi connectivity index (χ0n) is 15.0. The number of anilines is 2. The number of amides is 1. The Bertz CT molecular complexity index is 791. The quantitative estimate of drug-likeness (QED) is 0.818. The Morgan fingerprint density at radius 3 is 2.77 bits per heavy atom. The maximum Gasteiger partial charge on any atom is 0.270 e. The zero-order valence-corrected chi connectivity index (χ0v) is 15.8. The lowest BCUT2D eigenvalue weighted by Crippen LogP contribution is -2.36. The summed E-state index contributed by atoms with van der Waals surface area (Å²) in [5.41, 5.74) is 1.94. The fourth-order valence-corrected chi connectivity index (χ4v) is 3.26. The molecule has 3 rings (SSSR count). The Hall–Kier alpha value is -2.34. The molecular formula is C19H23ClN4O2. The van der Waals surface area contributed by atoms with Gasteiger partial charge in [-0.15, -0.1) is 0 Å². The molecule has 0 bridgehead atoms. The van der Waals surface area contributed by atoms with Gasteiger partial charge >= 0.3 is 0 Å². The number of benzene rings is 1. The van der Waals surface area contributed by atoms with Crippen molar-refractivity contribution in [1.82, 2.24) is 15.3 Å². The van der Waals surface area contributed by atoms with Gasteiger partial charge in [0, 0.05) is 23.3 Å². The van der Waals surface area contributed by atoms with Crippen LogP contribution in [0.4, 0.5) is 11.6 Å². The highest BCUT2D eigenvalue weighted by molar-refractivity contribution is 6.31. The van der Waals surface area contributed by atoms with Gasteiger partial charge in [-0.1, -0.05) is 30.9 Å². The molecule has 7 heteroatoms. The molecule has 6 nitrogen and oxygen atoms in total. The van der Waals surface area contributed by atoms with Crippen LogP contribution in [0.15, 0.2) is 24.4 Å². The van der Waals surface area contributed by atoms with E-state index in [0.717, 1.165) is 31.2 Å². The lowest BCUT2D eigenvalue weighted by Gasteiger charge is -2.22. The number of ether oxygens (including phenoxy) is 1. The summed E-state index contributed by atoms with van der Waals surface area (Å²) >= 11 is 6.13. The third kappa shape index (κ3) is 4.43. The number of nitrogens with zero attached hydrogens (tertiary/aromatic N) is 2. The summed E-state index contributed by atoms with van der Waals surface area (Å²) in [6.45, 7) is 1.90. The number of carbonyl (C=O) groups excluding carboxylic acids is 1. The molecule has 138 valence electrons. The van der Waals surface area contributed by atoms with Crippen LogP contribution in [0.1, 0.15) is 48.2 Å². The highest BCUT2D eigenvalue weighted by atomic mass is 35.5. The maximum absolute atomic E-state index is 12.5. The van der Waals surface area contributed by atoms with E-state index in [1.54, 1.807) is 25.4 Å². The van der Waals surface area contributed by atoms with E-state index in [9.17, 15) is 4.79 Å². The molecule has 1 aromatic heterocycles. The maximum atomic E-state index is 12.5. The molecule has 1 fully saturated rings. The van der Waals surface area contributed by atoms with Gasteiger partial charge in [0.25, 0.3) is 5.91 Å². The van der Waals surface area contributed by atoms with Crippen LogP contribution < -0.4 is 15.4 Å². The predicted octanol–water partition coefficient (Wildman–Crippen LogP) is 4.25. The van der Waals surface area contributed by atoms with Crippen molar-refractivity contribution in [3.05, 3.63) is 40.7 Å². The van der Waals surface area contributed by atoms with Gasteiger partial charge in [-0.05, 0) is 37.5 Å². The molecule has 0 unspecified atom stereocenters. The molecule has 0 atom stereocenters. The third-order valence-corrected chi connectivity index (χ3v) is 4.96. The van der Waals surface area contributed by atoms with E-state index in [4.69, 9.17) is 16.3 Å². The minimum absolute atomic E-state index is 0.165. The molecule has 0 aliphatic heterocycles. The summed E-state index contributed by atoms with van der Waals surface area (Å²) in [5.74, 6) is 0.754. The number of carbonyl (C=O) groups is 1. The Balaban J connectivity index is 1.75. The molecule has 1 heterocycles. The highest BCUT2D eigenvalue weighted by Crippen LogP contribution is 2.32. The first-order chi connectivity index (χ1) is 12.6. The predicted molar refractivity (Wildman–Crippen MR) is 102 cm³/mol. The van der Waals surface area contributed by atoms with Crippen LogP contribution in [-0.4, -0.2) is 29.0 Å². The van der Waals surface area contributed by atoms with Crippen molar-refractivity contribution in [1.29, 1.82) is 0 Å². The van der Waals surface area contributed by atoms with Crippen molar-refractivity contribution in [2.75, 3.05) is 12.4 Å². The van der Waals surface area contributed by atoms with E-state index in [1.807, 2.05) is 13.0 Å². The number of halogens is 1. The number of nitrogens with one attached hydrogen (secondary N) is 2. The van der Waals surface area contributed by atoms with E-state index in [2.05, 4.69) is 20.6 Å². The van der Waals surface area contributed by atoms with Crippen molar-refractivity contribution in [3.8, 4) is 5.75 Å². The molecule has 0 spiro atoms. The van der Waals surface area contributed by atoms with Crippen molar-refractivity contribution >= 4 is 29.1 Å². The number of aromatic nitrogens is 2. The first-order valence-corrected chi connectivity index (χ1v) is 9.19. The second-order valence-corrected chi connectivity index (χ2v) is 6.91. The summed E-state index contributed by atoms with van der Waals surface area (Å²) in [4.78, 5) is 21.0. The van der Waals surface area contributed by atoms with E-state index in [0.29, 0.717) is 28.1 Å². The fourth-order valence-electron chi connectivity index (χ4n) is 3.10. The van der Waals surface area contributed by atoms with Gasteiger partial charge in [0.05, 0.1) is 12.8 Å². The molecule has 2 aromatic rings. The number of rotatable bonds is 5. The summed E-state index contributed by atoms with van der Waals surface area (Å²) in [6.07, 6.45) is 7.21. The number of hydrogen-bond acceptors (Lipinski definition) is 5. The van der Waals surface area contributed by atoms with Crippen molar-refractivity contribution in [2.45, 2.75) is 45.1 Å². The zero-order chi connectivity index (χ0) is 18.5. The number of methoxy groups -OCH3 is 1. The van der Waals surface area contributed by atoms with Gasteiger partial charge in [-0.3, -0.25) is 4.79 Å². The van der Waals surface area contributed by atoms with E-state index >= 15 is 0 Å². The molecule has 1 aromatic carbocycles. The normalized spacial score (nSPS) is 14.7. The molecule has 26 heavy (non-hydrogen) atoms. The van der Waals surface area contributed by atoms with Crippen LogP contribution in [0.2, 0.25) is 5.02 Å². The van der Waals surface area contributed by atoms with Crippen LogP contribution in [0, 0.1) is 6.92 Å². The summed E-state index contributed by atoms with van der Waals surface area (Å²) in [7, 11) is 1.57. The molecule has 0 radical (unpaired) electrons. The van der Waals surface area contributed by atoms with Crippen LogP contribution >= 0.6 is 11.6 Å². The Labute approximate surface area is 158 Å². The molecule has 1 saturated carbocycles. The first-order valence-electron chi connectivity index (χ1n) is 8.82. The van der Waals surface area contributed by atoms with Gasteiger partial charge in [-0.2, -0.15) is 0 Å². The van der Waals surface area contributed by atoms with E-state index in [-0.39, 0.29) is 11.9 Å². The molecule has 1 amide bonds. The average molecular weight is 375 g/mol. The van der Waals surface area contributed by atoms with Gasteiger partial charge in [0.15, 0.2) is 0 Å². The molecular weight excluding hydrogens is 352 g/mol. The lowest BCUT2D eigenvalue weighted by atomic mass is 9.95. The number of hydrogen-bond donors (Lipinski definition) is 2. The van der Waals surface area contributed by atoms with Gasteiger partial charge in [-0.25, -0.2) is 9.97 Å². The summed E-state index contributed by atoms with van der Waals surface area (Å²) in [6, 6.07) is 5.45. The SMILES string of the molecule is COc1cc(Cl)c(C)cc1Nc1nccc(C(=O)NC2CCCCC2)n1. The topological polar surface area (TPSA) is 76.1 Å². The minimum Gasteiger partial charge on any atom is -0.495 e. The van der Waals surface area contributed by atoms with Crippen molar-refractivity contribution in [3.63, 3.8) is 0 Å². The number of aryl methyl sites for hydroxylation is 1. The average Bonchev–Trinajstić information content (AvgIpc) is 2.65. The van der Waals surface area contributed by atoms with Gasteiger partial charge in [0.2, 0.25) is 5.95 Å². The van der Waals surface area contributed by atoms with Crippen LogP contribution in [0.3, 0.4) is 0 Å². The van der Waals surface area contributed by atoms with Gasteiger partial charge in [0.1, 0.15) is 11.4 Å².